The molecule has 0 aromatic rings. The van der Waals surface area contributed by atoms with Crippen LogP contribution >= 0.6 is 0 Å². The van der Waals surface area contributed by atoms with Gasteiger partial charge in [-0.1, -0.05) is 0 Å². The van der Waals surface area contributed by atoms with Gasteiger partial charge in [0, 0.05) is 6.54 Å². The zero-order chi connectivity index (χ0) is 10.8. The van der Waals surface area contributed by atoms with E-state index in [0.717, 1.165) is 6.42 Å². The van der Waals surface area contributed by atoms with Crippen LogP contribution < -0.4 is 5.90 Å². The molecule has 0 aromatic carbocycles. The zero-order valence-electron chi connectivity index (χ0n) is 8.95. The Bertz CT molecular complexity index is 213. The molecule has 2 N–H and O–H groups in total. The van der Waals surface area contributed by atoms with E-state index in [0.29, 0.717) is 13.1 Å². The lowest BCUT2D eigenvalue weighted by molar-refractivity contribution is 0.0210. The van der Waals surface area contributed by atoms with Crippen LogP contribution in [0.4, 0.5) is 4.79 Å². The Balaban J connectivity index is 2.40. The summed E-state index contributed by atoms with van der Waals surface area (Å²) < 4.78 is 5.21. The summed E-state index contributed by atoms with van der Waals surface area (Å²) in [5, 5.41) is 0. The van der Waals surface area contributed by atoms with E-state index in [2.05, 4.69) is 4.84 Å². The first-order valence-corrected chi connectivity index (χ1v) is 4.76. The highest BCUT2D eigenvalue weighted by molar-refractivity contribution is 5.68. The lowest BCUT2D eigenvalue weighted by Crippen LogP contribution is -2.36. The molecule has 1 heterocycles. The van der Waals surface area contributed by atoms with Crippen molar-refractivity contribution >= 4 is 6.09 Å². The molecule has 1 saturated heterocycles. The molecule has 1 amide bonds. The van der Waals surface area contributed by atoms with Crippen LogP contribution in [0.5, 0.6) is 0 Å². The van der Waals surface area contributed by atoms with Crippen molar-refractivity contribution in [3.8, 4) is 0 Å². The molecule has 0 spiro atoms. The highest BCUT2D eigenvalue weighted by Gasteiger charge is 2.29. The highest BCUT2D eigenvalue weighted by atomic mass is 16.6. The molecule has 1 rings (SSSR count). The van der Waals surface area contributed by atoms with Crippen molar-refractivity contribution in [2.45, 2.75) is 38.9 Å². The summed E-state index contributed by atoms with van der Waals surface area (Å²) in [5.74, 6) is 5.04. The summed E-state index contributed by atoms with van der Waals surface area (Å²) in [6.45, 7) is 6.70. The highest BCUT2D eigenvalue weighted by Crippen LogP contribution is 2.15. The maximum absolute atomic E-state index is 11.5. The molecule has 1 atom stereocenters. The maximum Gasteiger partial charge on any atom is 0.410 e. The van der Waals surface area contributed by atoms with Gasteiger partial charge >= 0.3 is 6.09 Å². The second-order valence-electron chi connectivity index (χ2n) is 4.47. The van der Waals surface area contributed by atoms with Crippen molar-refractivity contribution in [3.63, 3.8) is 0 Å². The summed E-state index contributed by atoms with van der Waals surface area (Å²) >= 11 is 0. The van der Waals surface area contributed by atoms with E-state index < -0.39 is 5.60 Å². The number of likely N-dealkylation sites (tertiary alicyclic amines) is 1. The van der Waals surface area contributed by atoms with Crippen molar-refractivity contribution in [3.05, 3.63) is 0 Å². The predicted octanol–water partition coefficient (Wildman–Crippen LogP) is 0.886. The van der Waals surface area contributed by atoms with Crippen molar-refractivity contribution in [1.82, 2.24) is 4.90 Å². The first-order valence-electron chi connectivity index (χ1n) is 4.76. The molecule has 0 radical (unpaired) electrons. The van der Waals surface area contributed by atoms with Crippen LogP contribution in [-0.4, -0.2) is 35.8 Å². The summed E-state index contributed by atoms with van der Waals surface area (Å²) in [6.07, 6.45) is 0.426. The molecular weight excluding hydrogens is 184 g/mol. The topological polar surface area (TPSA) is 64.8 Å². The SMILES string of the molecule is CC(C)(C)OC(=O)N1CC[C@@H](ON)C1. The quantitative estimate of drug-likeness (QED) is 0.641. The fourth-order valence-electron chi connectivity index (χ4n) is 1.33. The van der Waals surface area contributed by atoms with Gasteiger partial charge in [-0.15, -0.1) is 0 Å². The van der Waals surface area contributed by atoms with Gasteiger partial charge in [0.15, 0.2) is 0 Å². The molecule has 1 aliphatic heterocycles. The fourth-order valence-corrected chi connectivity index (χ4v) is 1.33. The van der Waals surface area contributed by atoms with E-state index in [-0.39, 0.29) is 12.2 Å². The molecule has 0 aromatic heterocycles. The van der Waals surface area contributed by atoms with Crippen LogP contribution in [0, 0.1) is 0 Å². The van der Waals surface area contributed by atoms with E-state index in [4.69, 9.17) is 10.6 Å². The Morgan fingerprint density at radius 2 is 2.14 bits per heavy atom. The zero-order valence-corrected chi connectivity index (χ0v) is 8.95. The van der Waals surface area contributed by atoms with Crippen molar-refractivity contribution in [1.29, 1.82) is 0 Å². The molecule has 1 aliphatic rings. The molecule has 5 heteroatoms. The maximum atomic E-state index is 11.5. The summed E-state index contributed by atoms with van der Waals surface area (Å²) in [6, 6.07) is 0. The van der Waals surface area contributed by atoms with Crippen LogP contribution in [0.25, 0.3) is 0 Å². The number of hydrogen-bond acceptors (Lipinski definition) is 4. The van der Waals surface area contributed by atoms with Gasteiger partial charge in [-0.25, -0.2) is 10.7 Å². The van der Waals surface area contributed by atoms with Crippen molar-refractivity contribution in [2.75, 3.05) is 13.1 Å². The van der Waals surface area contributed by atoms with E-state index >= 15 is 0 Å². The molecule has 5 nitrogen and oxygen atoms in total. The van der Waals surface area contributed by atoms with Crippen LogP contribution in [-0.2, 0) is 9.57 Å². The lowest BCUT2D eigenvalue weighted by Gasteiger charge is -2.24. The Morgan fingerprint density at radius 1 is 1.50 bits per heavy atom. The van der Waals surface area contributed by atoms with Crippen molar-refractivity contribution in [2.24, 2.45) is 5.90 Å². The average molecular weight is 202 g/mol. The number of nitrogens with two attached hydrogens (primary N) is 1. The standard InChI is InChI=1S/C9H18N2O3/c1-9(2,3)13-8(12)11-5-4-7(6-11)14-10/h7H,4-6,10H2,1-3H3/t7-/m1/s1. The van der Waals surface area contributed by atoms with Crippen LogP contribution in [0.15, 0.2) is 0 Å². The normalized spacial score (nSPS) is 22.6. The van der Waals surface area contributed by atoms with Gasteiger partial charge < -0.3 is 9.64 Å². The minimum absolute atomic E-state index is 0.0532. The number of nitrogens with zero attached hydrogens (tertiary/aromatic N) is 1. The van der Waals surface area contributed by atoms with Crippen molar-refractivity contribution < 1.29 is 14.4 Å². The average Bonchev–Trinajstić information content (AvgIpc) is 2.48. The molecule has 0 unspecified atom stereocenters. The van der Waals surface area contributed by atoms with Crippen LogP contribution in [0.1, 0.15) is 27.2 Å². The third-order valence-electron chi connectivity index (χ3n) is 1.99. The molecule has 82 valence electrons. The second-order valence-corrected chi connectivity index (χ2v) is 4.47. The van der Waals surface area contributed by atoms with Gasteiger partial charge in [-0.3, -0.25) is 4.84 Å². The largest absolute Gasteiger partial charge is 0.444 e. The molecular formula is C9H18N2O3. The Hall–Kier alpha value is -0.810. The number of ether oxygens (including phenoxy) is 1. The Morgan fingerprint density at radius 3 is 2.57 bits per heavy atom. The van der Waals surface area contributed by atoms with Gasteiger partial charge in [0.1, 0.15) is 5.60 Å². The third-order valence-corrected chi connectivity index (χ3v) is 1.99. The predicted molar refractivity (Wildman–Crippen MR) is 51.5 cm³/mol. The number of rotatable bonds is 1. The molecule has 14 heavy (non-hydrogen) atoms. The Kier molecular flexibility index (Phi) is 3.34. The van der Waals surface area contributed by atoms with E-state index in [1.165, 1.54) is 0 Å². The van der Waals surface area contributed by atoms with E-state index in [9.17, 15) is 4.79 Å². The monoisotopic (exact) mass is 202 g/mol. The number of hydrogen-bond donors (Lipinski definition) is 1. The molecule has 0 aliphatic carbocycles. The number of amides is 1. The van der Waals surface area contributed by atoms with Gasteiger partial charge in [-0.05, 0) is 27.2 Å². The summed E-state index contributed by atoms with van der Waals surface area (Å²) in [5.41, 5.74) is -0.446. The minimum Gasteiger partial charge on any atom is -0.444 e. The van der Waals surface area contributed by atoms with Crippen LogP contribution in [0.3, 0.4) is 0 Å². The fraction of sp³-hybridized carbons (Fsp3) is 0.889. The van der Waals surface area contributed by atoms with E-state index in [1.807, 2.05) is 20.8 Å². The molecule has 0 saturated carbocycles. The molecule has 0 bridgehead atoms. The summed E-state index contributed by atoms with van der Waals surface area (Å²) in [7, 11) is 0. The van der Waals surface area contributed by atoms with Gasteiger partial charge in [0.05, 0.1) is 12.6 Å². The number of carbonyl (C=O) groups excluding carboxylic acids is 1. The number of carbonyl (C=O) groups is 1. The van der Waals surface area contributed by atoms with Gasteiger partial charge in [0.25, 0.3) is 0 Å². The lowest BCUT2D eigenvalue weighted by atomic mass is 10.2. The van der Waals surface area contributed by atoms with Gasteiger partial charge in [-0.2, -0.15) is 0 Å². The summed E-state index contributed by atoms with van der Waals surface area (Å²) in [4.78, 5) is 17.8. The van der Waals surface area contributed by atoms with Gasteiger partial charge in [0.2, 0.25) is 0 Å². The first kappa shape index (κ1) is 11.3. The second kappa shape index (κ2) is 4.14. The smallest absolute Gasteiger partial charge is 0.410 e. The first-order chi connectivity index (χ1) is 6.42. The Labute approximate surface area is 84.1 Å². The minimum atomic E-state index is -0.446. The molecule has 1 fully saturated rings. The van der Waals surface area contributed by atoms with E-state index in [1.54, 1.807) is 4.90 Å². The third kappa shape index (κ3) is 3.16. The van der Waals surface area contributed by atoms with Crippen LogP contribution in [0.2, 0.25) is 0 Å².